The minimum Gasteiger partial charge on any atom is -0.380 e. The van der Waals surface area contributed by atoms with Crippen molar-refractivity contribution in [1.82, 2.24) is 10.2 Å². The molecule has 6 nitrogen and oxygen atoms in total. The molecule has 1 aromatic rings. The molecule has 118 valence electrons. The Morgan fingerprint density at radius 1 is 1.35 bits per heavy atom. The number of nitriles is 2. The van der Waals surface area contributed by atoms with Crippen LogP contribution in [0.1, 0.15) is 24.8 Å². The number of rotatable bonds is 3. The molecule has 1 aromatic carbocycles. The lowest BCUT2D eigenvalue weighted by Crippen LogP contribution is -2.45. The number of hydrogen-bond donors (Lipinski definition) is 2. The van der Waals surface area contributed by atoms with Gasteiger partial charge in [0.2, 0.25) is 5.91 Å². The van der Waals surface area contributed by atoms with Gasteiger partial charge < -0.3 is 15.5 Å². The SMILES string of the molecule is N#Cc1ccccc1N[C@@H]1CN[C@H](C(=O)N2CCCC2C#N)C1. The predicted molar refractivity (Wildman–Crippen MR) is 85.3 cm³/mol. The Kier molecular flexibility index (Phi) is 4.45. The summed E-state index contributed by atoms with van der Waals surface area (Å²) in [7, 11) is 0. The van der Waals surface area contributed by atoms with E-state index in [0.717, 1.165) is 18.5 Å². The van der Waals surface area contributed by atoms with E-state index in [9.17, 15) is 4.79 Å². The van der Waals surface area contributed by atoms with E-state index in [1.807, 2.05) is 18.2 Å². The van der Waals surface area contributed by atoms with Gasteiger partial charge >= 0.3 is 0 Å². The largest absolute Gasteiger partial charge is 0.380 e. The third kappa shape index (κ3) is 3.13. The van der Waals surface area contributed by atoms with E-state index in [0.29, 0.717) is 25.1 Å². The molecule has 2 aliphatic rings. The Morgan fingerprint density at radius 2 is 2.17 bits per heavy atom. The highest BCUT2D eigenvalue weighted by Crippen LogP contribution is 2.22. The maximum absolute atomic E-state index is 12.6. The predicted octanol–water partition coefficient (Wildman–Crippen LogP) is 1.22. The second-order valence-electron chi connectivity index (χ2n) is 6.01. The highest BCUT2D eigenvalue weighted by molar-refractivity contribution is 5.83. The molecule has 6 heteroatoms. The van der Waals surface area contributed by atoms with Crippen molar-refractivity contribution in [1.29, 1.82) is 10.5 Å². The molecule has 0 spiro atoms. The molecule has 23 heavy (non-hydrogen) atoms. The Bertz CT molecular complexity index is 674. The number of hydrogen-bond acceptors (Lipinski definition) is 5. The lowest BCUT2D eigenvalue weighted by molar-refractivity contribution is -0.133. The van der Waals surface area contributed by atoms with Gasteiger partial charge in [0.15, 0.2) is 0 Å². The lowest BCUT2D eigenvalue weighted by Gasteiger charge is -2.23. The smallest absolute Gasteiger partial charge is 0.240 e. The van der Waals surface area contributed by atoms with Crippen LogP contribution in [0.4, 0.5) is 5.69 Å². The summed E-state index contributed by atoms with van der Waals surface area (Å²) in [5.41, 5.74) is 1.40. The zero-order valence-corrected chi connectivity index (χ0v) is 12.8. The molecule has 2 heterocycles. The summed E-state index contributed by atoms with van der Waals surface area (Å²) in [6, 6.07) is 11.3. The van der Waals surface area contributed by atoms with Gasteiger partial charge in [-0.3, -0.25) is 4.79 Å². The Morgan fingerprint density at radius 3 is 2.96 bits per heavy atom. The number of nitrogens with zero attached hydrogens (tertiary/aromatic N) is 3. The maximum atomic E-state index is 12.6. The van der Waals surface area contributed by atoms with Crippen LogP contribution in [0.2, 0.25) is 0 Å². The molecule has 1 amide bonds. The van der Waals surface area contributed by atoms with Crippen molar-refractivity contribution in [3.05, 3.63) is 29.8 Å². The third-order valence-electron chi connectivity index (χ3n) is 4.52. The number of amides is 1. The number of carbonyl (C=O) groups excluding carboxylic acids is 1. The van der Waals surface area contributed by atoms with Crippen molar-refractivity contribution >= 4 is 11.6 Å². The first-order chi connectivity index (χ1) is 11.2. The van der Waals surface area contributed by atoms with Gasteiger partial charge in [0.25, 0.3) is 0 Å². The molecular weight excluding hydrogens is 290 g/mol. The van der Waals surface area contributed by atoms with Crippen LogP contribution in [0.3, 0.4) is 0 Å². The van der Waals surface area contributed by atoms with Crippen LogP contribution in [-0.2, 0) is 4.79 Å². The van der Waals surface area contributed by atoms with Gasteiger partial charge in [-0.05, 0) is 31.4 Å². The first-order valence-corrected chi connectivity index (χ1v) is 7.92. The third-order valence-corrected chi connectivity index (χ3v) is 4.52. The van der Waals surface area contributed by atoms with Crippen molar-refractivity contribution in [2.75, 3.05) is 18.4 Å². The lowest BCUT2D eigenvalue weighted by atomic mass is 10.1. The number of para-hydroxylation sites is 1. The molecule has 2 N–H and O–H groups in total. The molecule has 2 fully saturated rings. The van der Waals surface area contributed by atoms with Crippen molar-refractivity contribution in [3.63, 3.8) is 0 Å². The standard InChI is InChI=1S/C17H19N5O/c18-9-12-4-1-2-6-15(12)21-13-8-16(20-11-13)17(23)22-7-3-5-14(22)10-19/h1-2,4,6,13-14,16,20-21H,3,5,7-8,11H2/t13-,14?,16-/m0/s1. The Labute approximate surface area is 135 Å². The summed E-state index contributed by atoms with van der Waals surface area (Å²) in [6.07, 6.45) is 2.33. The monoisotopic (exact) mass is 309 g/mol. The molecule has 2 aliphatic heterocycles. The second-order valence-corrected chi connectivity index (χ2v) is 6.01. The van der Waals surface area contributed by atoms with Gasteiger partial charge in [-0.2, -0.15) is 10.5 Å². The second kappa shape index (κ2) is 6.68. The van der Waals surface area contributed by atoms with Crippen LogP contribution < -0.4 is 10.6 Å². The Hall–Kier alpha value is -2.57. The highest BCUT2D eigenvalue weighted by atomic mass is 16.2. The van der Waals surface area contributed by atoms with Gasteiger partial charge in [0, 0.05) is 19.1 Å². The molecule has 2 saturated heterocycles. The fourth-order valence-corrected chi connectivity index (χ4v) is 3.33. The van der Waals surface area contributed by atoms with E-state index >= 15 is 0 Å². The van der Waals surface area contributed by atoms with Crippen molar-refractivity contribution < 1.29 is 4.79 Å². The molecule has 0 aliphatic carbocycles. The van der Waals surface area contributed by atoms with Gasteiger partial charge in [0.05, 0.1) is 23.4 Å². The minimum atomic E-state index is -0.282. The van der Waals surface area contributed by atoms with Crippen LogP contribution in [0.15, 0.2) is 24.3 Å². The van der Waals surface area contributed by atoms with E-state index in [-0.39, 0.29) is 24.0 Å². The van der Waals surface area contributed by atoms with Gasteiger partial charge in [0.1, 0.15) is 12.1 Å². The van der Waals surface area contributed by atoms with Crippen molar-refractivity contribution in [2.45, 2.75) is 37.4 Å². The number of anilines is 1. The van der Waals surface area contributed by atoms with Crippen LogP contribution in [0, 0.1) is 22.7 Å². The zero-order chi connectivity index (χ0) is 16.2. The summed E-state index contributed by atoms with van der Waals surface area (Å²) in [6.45, 7) is 1.34. The average Bonchev–Trinajstić information content (AvgIpc) is 3.23. The number of likely N-dealkylation sites (tertiary alicyclic amines) is 1. The van der Waals surface area contributed by atoms with Gasteiger partial charge in [-0.25, -0.2) is 0 Å². The van der Waals surface area contributed by atoms with E-state index in [1.54, 1.807) is 11.0 Å². The topological polar surface area (TPSA) is 91.9 Å². The molecule has 0 saturated carbocycles. The van der Waals surface area contributed by atoms with Gasteiger partial charge in [-0.15, -0.1) is 0 Å². The zero-order valence-electron chi connectivity index (χ0n) is 12.8. The van der Waals surface area contributed by atoms with Crippen molar-refractivity contribution in [2.24, 2.45) is 0 Å². The fraction of sp³-hybridized carbons (Fsp3) is 0.471. The maximum Gasteiger partial charge on any atom is 0.240 e. The molecule has 0 bridgehead atoms. The van der Waals surface area contributed by atoms with Gasteiger partial charge in [-0.1, -0.05) is 12.1 Å². The van der Waals surface area contributed by atoms with E-state index in [1.165, 1.54) is 0 Å². The fourth-order valence-electron chi connectivity index (χ4n) is 3.33. The average molecular weight is 309 g/mol. The van der Waals surface area contributed by atoms with Crippen LogP contribution >= 0.6 is 0 Å². The van der Waals surface area contributed by atoms with Crippen LogP contribution in [0.25, 0.3) is 0 Å². The molecule has 1 unspecified atom stereocenters. The first kappa shape index (κ1) is 15.3. The molecule has 0 radical (unpaired) electrons. The molecule has 3 atom stereocenters. The highest BCUT2D eigenvalue weighted by Gasteiger charge is 2.37. The summed E-state index contributed by atoms with van der Waals surface area (Å²) in [5, 5.41) is 24.8. The number of carbonyl (C=O) groups is 1. The molecular formula is C17H19N5O. The van der Waals surface area contributed by atoms with Crippen LogP contribution in [-0.4, -0.2) is 42.0 Å². The summed E-state index contributed by atoms with van der Waals surface area (Å²) in [5.74, 6) is 0.0203. The summed E-state index contributed by atoms with van der Waals surface area (Å²) in [4.78, 5) is 14.3. The van der Waals surface area contributed by atoms with Crippen molar-refractivity contribution in [3.8, 4) is 12.1 Å². The normalized spacial score (nSPS) is 26.5. The molecule has 0 aromatic heterocycles. The van der Waals surface area contributed by atoms with Crippen LogP contribution in [0.5, 0.6) is 0 Å². The number of nitrogens with one attached hydrogen (secondary N) is 2. The van der Waals surface area contributed by atoms with E-state index in [2.05, 4.69) is 22.8 Å². The quantitative estimate of drug-likeness (QED) is 0.876. The summed E-state index contributed by atoms with van der Waals surface area (Å²) < 4.78 is 0. The first-order valence-electron chi connectivity index (χ1n) is 7.92. The minimum absolute atomic E-state index is 0.0203. The Balaban J connectivity index is 1.62. The van der Waals surface area contributed by atoms with E-state index in [4.69, 9.17) is 10.5 Å². The summed E-state index contributed by atoms with van der Waals surface area (Å²) >= 11 is 0. The molecule has 3 rings (SSSR count). The number of benzene rings is 1. The van der Waals surface area contributed by atoms with E-state index < -0.39 is 0 Å².